The van der Waals surface area contributed by atoms with E-state index in [1.807, 2.05) is 0 Å². The predicted molar refractivity (Wildman–Crippen MR) is 71.8 cm³/mol. The normalized spacial score (nSPS) is 9.50. The summed E-state index contributed by atoms with van der Waals surface area (Å²) in [5, 5.41) is 2.48. The molecule has 0 aliphatic carbocycles. The van der Waals surface area contributed by atoms with Crippen LogP contribution in [0.15, 0.2) is 60.7 Å². The zero-order valence-corrected chi connectivity index (χ0v) is 13.3. The Labute approximate surface area is 126 Å². The van der Waals surface area contributed by atoms with Crippen molar-refractivity contribution in [2.24, 2.45) is 0 Å². The van der Waals surface area contributed by atoms with Gasteiger partial charge < -0.3 is 0 Å². The number of rotatable bonds is 4. The third-order valence-electron chi connectivity index (χ3n) is 2.22. The van der Waals surface area contributed by atoms with Crippen LogP contribution < -0.4 is 0 Å². The molecule has 1 radical (unpaired) electrons. The van der Waals surface area contributed by atoms with Crippen molar-refractivity contribution in [1.82, 2.24) is 0 Å². The molecule has 0 N–H and O–H groups in total. The van der Waals surface area contributed by atoms with E-state index >= 15 is 0 Å². The molecule has 2 heteroatoms. The molecule has 0 aliphatic heterocycles. The Morgan fingerprint density at radius 1 is 0.625 bits per heavy atom. The van der Waals surface area contributed by atoms with Crippen molar-refractivity contribution < 1.29 is 0 Å². The molecular weight excluding hydrogens is 270 g/mol. The number of hydrogen-bond acceptors (Lipinski definition) is 0. The molecule has 0 aliphatic rings. The first-order valence-corrected chi connectivity index (χ1v) is 7.53. The summed E-state index contributed by atoms with van der Waals surface area (Å²) in [6.07, 6.45) is 0. The summed E-state index contributed by atoms with van der Waals surface area (Å²) < 4.78 is 0. The van der Waals surface area contributed by atoms with E-state index in [2.05, 4.69) is 60.7 Å². The zero-order chi connectivity index (χ0) is 10.3. The van der Waals surface area contributed by atoms with E-state index < -0.39 is 0 Å². The average Bonchev–Trinajstić information content (AvgIpc) is 2.32. The van der Waals surface area contributed by atoms with Gasteiger partial charge in [0.1, 0.15) is 0 Å². The van der Waals surface area contributed by atoms with Crippen LogP contribution in [0.4, 0.5) is 0 Å². The number of hydrogen-bond donors (Lipinski definition) is 0. The second-order valence-corrected chi connectivity index (χ2v) is 5.53. The molecular formula is C14H14NaSe. The van der Waals surface area contributed by atoms with Crippen molar-refractivity contribution >= 4 is 44.5 Å². The summed E-state index contributed by atoms with van der Waals surface area (Å²) in [4.78, 5) is 0. The Balaban J connectivity index is 0.00000128. The van der Waals surface area contributed by atoms with E-state index in [9.17, 15) is 0 Å². The molecule has 0 nitrogen and oxygen atoms in total. The molecule has 0 fully saturated rings. The number of benzene rings is 2. The average molecular weight is 284 g/mol. The van der Waals surface area contributed by atoms with Gasteiger partial charge >= 0.3 is 97.4 Å². The third-order valence-corrected chi connectivity index (χ3v) is 4.48. The van der Waals surface area contributed by atoms with Crippen molar-refractivity contribution in [3.63, 3.8) is 0 Å². The molecule has 0 aromatic heterocycles. The van der Waals surface area contributed by atoms with Crippen LogP contribution in [0.1, 0.15) is 11.1 Å². The fourth-order valence-corrected chi connectivity index (χ4v) is 3.45. The standard InChI is InChI=1S/C14H14Se.Na/c1-3-7-13(8-4-1)11-15-12-14-9-5-2-6-10-14;/h1-10H,11-12H2;. The Morgan fingerprint density at radius 3 is 1.38 bits per heavy atom. The van der Waals surface area contributed by atoms with Crippen molar-refractivity contribution in [1.29, 1.82) is 0 Å². The second kappa shape index (κ2) is 8.11. The Hall–Kier alpha value is -0.0405. The van der Waals surface area contributed by atoms with E-state index in [0.717, 1.165) is 0 Å². The van der Waals surface area contributed by atoms with E-state index in [1.165, 1.54) is 21.8 Å². The van der Waals surface area contributed by atoms with Gasteiger partial charge in [0.2, 0.25) is 0 Å². The molecule has 0 saturated carbocycles. The summed E-state index contributed by atoms with van der Waals surface area (Å²) in [7, 11) is 0. The quantitative estimate of drug-likeness (QED) is 0.757. The molecule has 0 heterocycles. The molecule has 0 bridgehead atoms. The van der Waals surface area contributed by atoms with Crippen molar-refractivity contribution in [3.05, 3.63) is 71.8 Å². The minimum atomic E-state index is 0. The van der Waals surface area contributed by atoms with Crippen LogP contribution in [0.2, 0.25) is 0 Å². The first-order chi connectivity index (χ1) is 7.45. The van der Waals surface area contributed by atoms with Gasteiger partial charge in [-0.3, -0.25) is 0 Å². The fraction of sp³-hybridized carbons (Fsp3) is 0.143. The van der Waals surface area contributed by atoms with E-state index in [4.69, 9.17) is 0 Å². The van der Waals surface area contributed by atoms with Crippen molar-refractivity contribution in [2.75, 3.05) is 0 Å². The maximum atomic E-state index is 2.22. The van der Waals surface area contributed by atoms with Crippen LogP contribution in [0.5, 0.6) is 0 Å². The summed E-state index contributed by atoms with van der Waals surface area (Å²) in [5.74, 6) is 0. The van der Waals surface area contributed by atoms with Crippen LogP contribution in [-0.4, -0.2) is 44.5 Å². The van der Waals surface area contributed by atoms with Crippen LogP contribution >= 0.6 is 0 Å². The van der Waals surface area contributed by atoms with Crippen molar-refractivity contribution in [3.8, 4) is 0 Å². The van der Waals surface area contributed by atoms with Gasteiger partial charge in [0.25, 0.3) is 0 Å². The maximum absolute atomic E-state index is 2.22. The summed E-state index contributed by atoms with van der Waals surface area (Å²) in [5.41, 5.74) is 2.93. The van der Waals surface area contributed by atoms with Gasteiger partial charge in [-0.15, -0.1) is 0 Å². The molecule has 0 amide bonds. The zero-order valence-electron chi connectivity index (χ0n) is 9.60. The topological polar surface area (TPSA) is 0 Å². The molecule has 77 valence electrons. The first-order valence-electron chi connectivity index (χ1n) is 5.11. The molecule has 0 unspecified atom stereocenters. The van der Waals surface area contributed by atoms with Crippen LogP contribution in [0.25, 0.3) is 0 Å². The molecule has 2 aromatic carbocycles. The van der Waals surface area contributed by atoms with Gasteiger partial charge in [0, 0.05) is 29.6 Å². The van der Waals surface area contributed by atoms with Gasteiger partial charge in [-0.1, -0.05) is 0 Å². The van der Waals surface area contributed by atoms with Gasteiger partial charge in [0.15, 0.2) is 0 Å². The summed E-state index contributed by atoms with van der Waals surface area (Å²) in [6, 6.07) is 21.5. The van der Waals surface area contributed by atoms with E-state index in [1.54, 1.807) is 0 Å². The van der Waals surface area contributed by atoms with E-state index in [0.29, 0.717) is 15.0 Å². The molecule has 0 atom stereocenters. The Bertz CT molecular complexity index is 346. The van der Waals surface area contributed by atoms with E-state index in [-0.39, 0.29) is 29.6 Å². The molecule has 0 spiro atoms. The van der Waals surface area contributed by atoms with Crippen LogP contribution in [-0.2, 0) is 10.6 Å². The van der Waals surface area contributed by atoms with Crippen LogP contribution in [0, 0.1) is 0 Å². The van der Waals surface area contributed by atoms with Crippen LogP contribution in [0.3, 0.4) is 0 Å². The Morgan fingerprint density at radius 2 is 1.00 bits per heavy atom. The summed E-state index contributed by atoms with van der Waals surface area (Å²) in [6.45, 7) is 0. The van der Waals surface area contributed by atoms with Gasteiger partial charge in [-0.2, -0.15) is 0 Å². The molecule has 2 aromatic rings. The minimum absolute atomic E-state index is 0. The van der Waals surface area contributed by atoms with Gasteiger partial charge in [0.05, 0.1) is 0 Å². The van der Waals surface area contributed by atoms with Gasteiger partial charge in [-0.05, 0) is 0 Å². The molecule has 2 rings (SSSR count). The second-order valence-electron chi connectivity index (χ2n) is 3.46. The molecule has 0 saturated heterocycles. The monoisotopic (exact) mass is 285 g/mol. The first kappa shape index (κ1) is 14.0. The predicted octanol–water partition coefficient (Wildman–Crippen LogP) is 2.71. The summed E-state index contributed by atoms with van der Waals surface area (Å²) >= 11 is 0.683. The fourth-order valence-electron chi connectivity index (χ4n) is 1.44. The third kappa shape index (κ3) is 4.86. The molecule has 16 heavy (non-hydrogen) atoms. The Kier molecular flexibility index (Phi) is 7.11. The van der Waals surface area contributed by atoms with Gasteiger partial charge in [-0.25, -0.2) is 0 Å². The SMILES string of the molecule is [Na].c1ccc(C[Se]Cc2ccccc2)cc1. The van der Waals surface area contributed by atoms with Crippen molar-refractivity contribution in [2.45, 2.75) is 10.6 Å².